The second-order valence-corrected chi connectivity index (χ2v) is 7.14. The number of ether oxygens (including phenoxy) is 1. The van der Waals surface area contributed by atoms with Crippen molar-refractivity contribution < 1.29 is 9.53 Å². The van der Waals surface area contributed by atoms with E-state index in [-0.39, 0.29) is 29.9 Å². The Balaban J connectivity index is 0.00000420. The molecule has 2 rings (SSSR count). The maximum Gasteiger partial charge on any atom is 0.226 e. The second kappa shape index (κ2) is 13.4. The minimum atomic E-state index is -0.0419. The number of anilines is 1. The lowest BCUT2D eigenvalue weighted by Gasteiger charge is -2.12. The molecule has 3 N–H and O–H groups in total. The van der Waals surface area contributed by atoms with Crippen LogP contribution in [0.15, 0.2) is 51.9 Å². The first-order valence-electron chi connectivity index (χ1n) is 9.23. The Hall–Kier alpha value is -1.81. The third-order valence-electron chi connectivity index (χ3n) is 4.04. The van der Waals surface area contributed by atoms with Crippen LogP contribution >= 0.6 is 39.9 Å². The average Bonchev–Trinajstić information content (AvgIpc) is 2.69. The maximum absolute atomic E-state index is 12.2. The van der Waals surface area contributed by atoms with E-state index in [1.807, 2.05) is 56.3 Å². The fraction of sp³-hybridized carbons (Fsp3) is 0.333. The van der Waals surface area contributed by atoms with E-state index in [2.05, 4.69) is 36.9 Å². The highest BCUT2D eigenvalue weighted by atomic mass is 127. The molecule has 1 amide bonds. The van der Waals surface area contributed by atoms with Gasteiger partial charge in [-0.3, -0.25) is 4.79 Å². The molecule has 8 heteroatoms. The van der Waals surface area contributed by atoms with Crippen LogP contribution in [0.25, 0.3) is 0 Å². The average molecular weight is 575 g/mol. The zero-order valence-electron chi connectivity index (χ0n) is 16.9. The molecule has 0 saturated carbocycles. The van der Waals surface area contributed by atoms with Gasteiger partial charge in [-0.2, -0.15) is 0 Å². The van der Waals surface area contributed by atoms with Gasteiger partial charge in [0.1, 0.15) is 5.75 Å². The number of amides is 1. The molecule has 0 saturated heterocycles. The number of methoxy groups -OCH3 is 1. The number of rotatable bonds is 8. The first kappa shape index (κ1) is 25.2. The molecule has 0 heterocycles. The van der Waals surface area contributed by atoms with Crippen molar-refractivity contribution in [3.63, 3.8) is 0 Å². The summed E-state index contributed by atoms with van der Waals surface area (Å²) >= 11 is 3.43. The van der Waals surface area contributed by atoms with Gasteiger partial charge in [0.05, 0.1) is 13.7 Å². The topological polar surface area (TPSA) is 74.8 Å². The summed E-state index contributed by atoms with van der Waals surface area (Å²) in [4.78, 5) is 16.8. The van der Waals surface area contributed by atoms with Crippen LogP contribution in [0.3, 0.4) is 0 Å². The van der Waals surface area contributed by atoms with Crippen LogP contribution in [0.5, 0.6) is 5.75 Å². The van der Waals surface area contributed by atoms with Crippen LogP contribution in [0.2, 0.25) is 0 Å². The zero-order valence-corrected chi connectivity index (χ0v) is 20.8. The Kier molecular flexibility index (Phi) is 11.7. The normalized spacial score (nSPS) is 10.7. The molecule has 0 aromatic heterocycles. The van der Waals surface area contributed by atoms with Crippen molar-refractivity contribution in [1.29, 1.82) is 0 Å². The number of aliphatic imine (C=N–C) groups is 1. The molecule has 0 aliphatic carbocycles. The van der Waals surface area contributed by atoms with E-state index >= 15 is 0 Å². The van der Waals surface area contributed by atoms with Gasteiger partial charge in [0.15, 0.2) is 5.96 Å². The van der Waals surface area contributed by atoms with E-state index in [1.165, 1.54) is 0 Å². The van der Waals surface area contributed by atoms with Crippen molar-refractivity contribution in [3.05, 3.63) is 58.1 Å². The van der Waals surface area contributed by atoms with Gasteiger partial charge in [0, 0.05) is 29.7 Å². The minimum absolute atomic E-state index is 0. The van der Waals surface area contributed by atoms with E-state index < -0.39 is 0 Å². The number of guanidine groups is 1. The highest BCUT2D eigenvalue weighted by molar-refractivity contribution is 14.0. The summed E-state index contributed by atoms with van der Waals surface area (Å²) in [5, 5.41) is 9.34. The maximum atomic E-state index is 12.2. The van der Waals surface area contributed by atoms with E-state index in [0.717, 1.165) is 33.6 Å². The molecule has 6 nitrogen and oxygen atoms in total. The molecular formula is C21H28BrIN4O2. The molecule has 158 valence electrons. The van der Waals surface area contributed by atoms with Crippen LogP contribution in [-0.2, 0) is 11.3 Å². The number of aryl methyl sites for hydroxylation is 1. The largest absolute Gasteiger partial charge is 0.497 e. The fourth-order valence-electron chi connectivity index (χ4n) is 2.48. The molecule has 0 aliphatic heterocycles. The molecule has 2 aromatic rings. The molecule has 0 bridgehead atoms. The number of nitrogens with zero attached hydrogens (tertiary/aromatic N) is 1. The summed E-state index contributed by atoms with van der Waals surface area (Å²) < 4.78 is 6.10. The van der Waals surface area contributed by atoms with Crippen molar-refractivity contribution in [2.75, 3.05) is 25.5 Å². The number of carbonyl (C=O) groups excluding carboxylic acids is 1. The Labute approximate surface area is 198 Å². The Morgan fingerprint density at radius 3 is 2.52 bits per heavy atom. The van der Waals surface area contributed by atoms with Crippen molar-refractivity contribution in [1.82, 2.24) is 10.6 Å². The van der Waals surface area contributed by atoms with Gasteiger partial charge in [-0.1, -0.05) is 34.1 Å². The number of hydrogen-bond donors (Lipinski definition) is 3. The van der Waals surface area contributed by atoms with Crippen LogP contribution in [0.1, 0.15) is 24.5 Å². The molecule has 0 unspecified atom stereocenters. The molecule has 0 radical (unpaired) electrons. The van der Waals surface area contributed by atoms with Gasteiger partial charge in [-0.05, 0) is 49.2 Å². The lowest BCUT2D eigenvalue weighted by atomic mass is 10.2. The Bertz CT molecular complexity index is 813. The summed E-state index contributed by atoms with van der Waals surface area (Å²) in [7, 11) is 1.65. The molecule has 2 aromatic carbocycles. The van der Waals surface area contributed by atoms with Gasteiger partial charge in [0.2, 0.25) is 5.91 Å². The van der Waals surface area contributed by atoms with Crippen molar-refractivity contribution in [2.45, 2.75) is 26.8 Å². The van der Waals surface area contributed by atoms with Crippen LogP contribution in [0.4, 0.5) is 5.69 Å². The van der Waals surface area contributed by atoms with Crippen molar-refractivity contribution in [3.8, 4) is 5.75 Å². The standard InChI is InChI=1S/C21H27BrN4O2.HI/c1-4-23-21(25-14-16-6-9-18(28-3)10-7-16)24-12-11-20(27)26-19-13-17(22)8-5-15(19)2;/h5-10,13H,4,11-12,14H2,1-3H3,(H,26,27)(H2,23,24,25);1H. The minimum Gasteiger partial charge on any atom is -0.497 e. The number of carbonyl (C=O) groups is 1. The first-order valence-corrected chi connectivity index (χ1v) is 10.0. The molecular weight excluding hydrogens is 547 g/mol. The van der Waals surface area contributed by atoms with Crippen molar-refractivity contribution >= 4 is 57.5 Å². The third-order valence-corrected chi connectivity index (χ3v) is 4.53. The third kappa shape index (κ3) is 9.03. The van der Waals surface area contributed by atoms with Gasteiger partial charge >= 0.3 is 0 Å². The molecule has 0 atom stereocenters. The summed E-state index contributed by atoms with van der Waals surface area (Å²) in [6.45, 7) is 5.76. The quantitative estimate of drug-likeness (QED) is 0.247. The van der Waals surface area contributed by atoms with E-state index in [0.29, 0.717) is 25.5 Å². The summed E-state index contributed by atoms with van der Waals surface area (Å²) in [5.74, 6) is 1.47. The lowest BCUT2D eigenvalue weighted by molar-refractivity contribution is -0.116. The smallest absolute Gasteiger partial charge is 0.226 e. The summed E-state index contributed by atoms with van der Waals surface area (Å²) in [5.41, 5.74) is 2.93. The monoisotopic (exact) mass is 574 g/mol. The number of hydrogen-bond acceptors (Lipinski definition) is 3. The number of halogens is 2. The first-order chi connectivity index (χ1) is 13.5. The van der Waals surface area contributed by atoms with E-state index in [4.69, 9.17) is 4.74 Å². The summed E-state index contributed by atoms with van der Waals surface area (Å²) in [6.07, 6.45) is 0.346. The van der Waals surface area contributed by atoms with Crippen LogP contribution in [-0.4, -0.2) is 32.1 Å². The highest BCUT2D eigenvalue weighted by Crippen LogP contribution is 2.20. The van der Waals surface area contributed by atoms with Crippen molar-refractivity contribution in [2.24, 2.45) is 4.99 Å². The van der Waals surface area contributed by atoms with E-state index in [1.54, 1.807) is 7.11 Å². The predicted octanol–water partition coefficient (Wildman–Crippen LogP) is 4.47. The van der Waals surface area contributed by atoms with E-state index in [9.17, 15) is 4.79 Å². The Morgan fingerprint density at radius 2 is 1.86 bits per heavy atom. The molecule has 0 aliphatic rings. The molecule has 0 fully saturated rings. The van der Waals surface area contributed by atoms with Crippen LogP contribution in [0, 0.1) is 6.92 Å². The fourth-order valence-corrected chi connectivity index (χ4v) is 2.84. The SMILES string of the molecule is CCNC(=NCc1ccc(OC)cc1)NCCC(=O)Nc1cc(Br)ccc1C.I. The molecule has 29 heavy (non-hydrogen) atoms. The molecule has 0 spiro atoms. The lowest BCUT2D eigenvalue weighted by Crippen LogP contribution is -2.38. The Morgan fingerprint density at radius 1 is 1.14 bits per heavy atom. The van der Waals surface area contributed by atoms with Gasteiger partial charge in [0.25, 0.3) is 0 Å². The highest BCUT2D eigenvalue weighted by Gasteiger charge is 2.06. The van der Waals surface area contributed by atoms with Gasteiger partial charge in [-0.15, -0.1) is 24.0 Å². The van der Waals surface area contributed by atoms with Gasteiger partial charge in [-0.25, -0.2) is 4.99 Å². The zero-order chi connectivity index (χ0) is 20.4. The number of nitrogens with one attached hydrogen (secondary N) is 3. The van der Waals surface area contributed by atoms with Gasteiger partial charge < -0.3 is 20.7 Å². The van der Waals surface area contributed by atoms with Crippen LogP contribution < -0.4 is 20.7 Å². The predicted molar refractivity (Wildman–Crippen MR) is 133 cm³/mol. The number of benzene rings is 2. The second-order valence-electron chi connectivity index (χ2n) is 6.23. The summed E-state index contributed by atoms with van der Waals surface area (Å²) in [6, 6.07) is 13.6.